The van der Waals surface area contributed by atoms with E-state index in [1.807, 2.05) is 48.2 Å². The number of carbonyl (C=O) groups excluding carboxylic acids is 1. The molecule has 2 aromatic carbocycles. The maximum absolute atomic E-state index is 12.8. The molecule has 0 bridgehead atoms. The summed E-state index contributed by atoms with van der Waals surface area (Å²) in [4.78, 5) is 14.6. The summed E-state index contributed by atoms with van der Waals surface area (Å²) < 4.78 is 11.1. The number of amides is 1. The number of benzene rings is 2. The summed E-state index contributed by atoms with van der Waals surface area (Å²) in [6.45, 7) is 4.07. The third-order valence-electron chi connectivity index (χ3n) is 4.46. The van der Waals surface area contributed by atoms with Gasteiger partial charge in [0.05, 0.1) is 7.11 Å². The Morgan fingerprint density at radius 1 is 1.21 bits per heavy atom. The molecule has 0 aromatic heterocycles. The first kappa shape index (κ1) is 16.4. The Hall–Kier alpha value is -2.49. The van der Waals surface area contributed by atoms with Gasteiger partial charge in [0.2, 0.25) is 0 Å². The number of anilines is 1. The van der Waals surface area contributed by atoms with Gasteiger partial charge in [0.25, 0.3) is 5.91 Å². The number of hydrogen-bond acceptors (Lipinski definition) is 3. The lowest BCUT2D eigenvalue weighted by Gasteiger charge is -2.35. The zero-order valence-corrected chi connectivity index (χ0v) is 14.4. The Morgan fingerprint density at radius 2 is 2.00 bits per heavy atom. The molecule has 4 heteroatoms. The minimum Gasteiger partial charge on any atom is -0.493 e. The monoisotopic (exact) mass is 325 g/mol. The molecule has 4 nitrogen and oxygen atoms in total. The van der Waals surface area contributed by atoms with E-state index in [9.17, 15) is 4.79 Å². The van der Waals surface area contributed by atoms with Crippen LogP contribution in [0.5, 0.6) is 11.5 Å². The first-order chi connectivity index (χ1) is 11.6. The Balaban J connectivity index is 1.76. The van der Waals surface area contributed by atoms with E-state index in [0.29, 0.717) is 11.5 Å². The van der Waals surface area contributed by atoms with E-state index in [4.69, 9.17) is 9.47 Å². The standard InChI is InChI=1S/C20H23NO3/c1-14-8-11-18(19(12-14)23-3)24-13-20(22)21-15(2)9-10-16-6-4-5-7-17(16)21/h4-8,11-12,15H,9-10,13H2,1-3H3/t15-/m1/s1. The van der Waals surface area contributed by atoms with Crippen molar-refractivity contribution in [2.45, 2.75) is 32.7 Å². The van der Waals surface area contributed by atoms with E-state index >= 15 is 0 Å². The average Bonchev–Trinajstić information content (AvgIpc) is 2.60. The molecule has 1 amide bonds. The molecule has 0 saturated carbocycles. The lowest BCUT2D eigenvalue weighted by Crippen LogP contribution is -2.44. The Labute approximate surface area is 143 Å². The predicted molar refractivity (Wildman–Crippen MR) is 94.9 cm³/mol. The molecule has 1 atom stereocenters. The van der Waals surface area contributed by atoms with Crippen LogP contribution in [0.1, 0.15) is 24.5 Å². The Bertz CT molecular complexity index is 741. The highest BCUT2D eigenvalue weighted by Gasteiger charge is 2.28. The highest BCUT2D eigenvalue weighted by molar-refractivity contribution is 5.96. The quantitative estimate of drug-likeness (QED) is 0.859. The van der Waals surface area contributed by atoms with E-state index in [-0.39, 0.29) is 18.6 Å². The van der Waals surface area contributed by atoms with Crippen LogP contribution >= 0.6 is 0 Å². The third kappa shape index (κ3) is 3.23. The molecule has 1 heterocycles. The smallest absolute Gasteiger partial charge is 0.265 e. The number of methoxy groups -OCH3 is 1. The molecule has 1 aliphatic heterocycles. The van der Waals surface area contributed by atoms with Gasteiger partial charge in [-0.15, -0.1) is 0 Å². The van der Waals surface area contributed by atoms with Gasteiger partial charge >= 0.3 is 0 Å². The molecule has 3 rings (SSSR count). The van der Waals surface area contributed by atoms with Crippen LogP contribution in [0.4, 0.5) is 5.69 Å². The third-order valence-corrected chi connectivity index (χ3v) is 4.46. The lowest BCUT2D eigenvalue weighted by atomic mass is 9.96. The maximum atomic E-state index is 12.8. The molecular formula is C20H23NO3. The van der Waals surface area contributed by atoms with Gasteiger partial charge in [0, 0.05) is 11.7 Å². The number of fused-ring (bicyclic) bond motifs is 1. The van der Waals surface area contributed by atoms with Crippen LogP contribution in [-0.4, -0.2) is 25.7 Å². The Kier molecular flexibility index (Phi) is 4.74. The lowest BCUT2D eigenvalue weighted by molar-refractivity contribution is -0.121. The topological polar surface area (TPSA) is 38.8 Å². The van der Waals surface area contributed by atoms with Crippen LogP contribution in [-0.2, 0) is 11.2 Å². The fourth-order valence-electron chi connectivity index (χ4n) is 3.17. The summed E-state index contributed by atoms with van der Waals surface area (Å²) in [7, 11) is 1.60. The van der Waals surface area contributed by atoms with Gasteiger partial charge in [0.15, 0.2) is 18.1 Å². The van der Waals surface area contributed by atoms with Crippen molar-refractivity contribution in [2.24, 2.45) is 0 Å². The van der Waals surface area contributed by atoms with Crippen LogP contribution in [0.15, 0.2) is 42.5 Å². The normalized spacial score (nSPS) is 16.5. The number of aryl methyl sites for hydroxylation is 2. The number of ether oxygens (including phenoxy) is 2. The molecule has 24 heavy (non-hydrogen) atoms. The molecule has 1 aliphatic rings. The highest BCUT2D eigenvalue weighted by Crippen LogP contribution is 2.31. The molecule has 0 unspecified atom stereocenters. The second kappa shape index (κ2) is 6.95. The molecule has 0 fully saturated rings. The van der Waals surface area contributed by atoms with Gasteiger partial charge < -0.3 is 14.4 Å². The minimum atomic E-state index is -0.0303. The van der Waals surface area contributed by atoms with Gasteiger partial charge in [-0.25, -0.2) is 0 Å². The summed E-state index contributed by atoms with van der Waals surface area (Å²) in [6.07, 6.45) is 1.98. The Morgan fingerprint density at radius 3 is 2.79 bits per heavy atom. The van der Waals surface area contributed by atoms with E-state index in [2.05, 4.69) is 13.0 Å². The van der Waals surface area contributed by atoms with E-state index in [0.717, 1.165) is 24.1 Å². The average molecular weight is 325 g/mol. The van der Waals surface area contributed by atoms with Gasteiger partial charge in [-0.3, -0.25) is 4.79 Å². The van der Waals surface area contributed by atoms with Crippen molar-refractivity contribution >= 4 is 11.6 Å². The molecule has 126 valence electrons. The molecule has 0 N–H and O–H groups in total. The molecule has 0 saturated heterocycles. The number of nitrogens with zero attached hydrogens (tertiary/aromatic N) is 1. The largest absolute Gasteiger partial charge is 0.493 e. The van der Waals surface area contributed by atoms with Crippen LogP contribution in [0.3, 0.4) is 0 Å². The summed E-state index contributed by atoms with van der Waals surface area (Å²) in [5.74, 6) is 1.21. The predicted octanol–water partition coefficient (Wildman–Crippen LogP) is 3.75. The summed E-state index contributed by atoms with van der Waals surface area (Å²) in [5, 5.41) is 0. The zero-order valence-electron chi connectivity index (χ0n) is 14.4. The second-order valence-electron chi connectivity index (χ2n) is 6.22. The highest BCUT2D eigenvalue weighted by atomic mass is 16.5. The molecule has 0 aliphatic carbocycles. The van der Waals surface area contributed by atoms with Crippen molar-refractivity contribution in [3.05, 3.63) is 53.6 Å². The zero-order chi connectivity index (χ0) is 17.1. The van der Waals surface area contributed by atoms with Crippen molar-refractivity contribution in [1.82, 2.24) is 0 Å². The van der Waals surface area contributed by atoms with E-state index in [1.165, 1.54) is 5.56 Å². The summed E-state index contributed by atoms with van der Waals surface area (Å²) in [5.41, 5.74) is 3.31. The molecular weight excluding hydrogens is 302 g/mol. The molecule has 2 aromatic rings. The van der Waals surface area contributed by atoms with Crippen LogP contribution < -0.4 is 14.4 Å². The van der Waals surface area contributed by atoms with Crippen LogP contribution in [0.25, 0.3) is 0 Å². The summed E-state index contributed by atoms with van der Waals surface area (Å²) >= 11 is 0. The van der Waals surface area contributed by atoms with Crippen molar-refractivity contribution in [1.29, 1.82) is 0 Å². The molecule has 0 radical (unpaired) electrons. The van der Waals surface area contributed by atoms with E-state index in [1.54, 1.807) is 7.11 Å². The van der Waals surface area contributed by atoms with Gasteiger partial charge in [-0.05, 0) is 56.0 Å². The van der Waals surface area contributed by atoms with Crippen molar-refractivity contribution in [3.63, 3.8) is 0 Å². The van der Waals surface area contributed by atoms with Crippen molar-refractivity contribution < 1.29 is 14.3 Å². The number of carbonyl (C=O) groups is 1. The first-order valence-electron chi connectivity index (χ1n) is 8.27. The van der Waals surface area contributed by atoms with Crippen molar-refractivity contribution in [2.75, 3.05) is 18.6 Å². The maximum Gasteiger partial charge on any atom is 0.265 e. The number of para-hydroxylation sites is 1. The number of rotatable bonds is 4. The molecule has 0 spiro atoms. The first-order valence-corrected chi connectivity index (χ1v) is 8.27. The van der Waals surface area contributed by atoms with Crippen LogP contribution in [0.2, 0.25) is 0 Å². The van der Waals surface area contributed by atoms with Crippen molar-refractivity contribution in [3.8, 4) is 11.5 Å². The fraction of sp³-hybridized carbons (Fsp3) is 0.350. The fourth-order valence-corrected chi connectivity index (χ4v) is 3.17. The van der Waals surface area contributed by atoms with Gasteiger partial charge in [-0.1, -0.05) is 24.3 Å². The second-order valence-corrected chi connectivity index (χ2v) is 6.22. The van der Waals surface area contributed by atoms with Crippen LogP contribution in [0, 0.1) is 6.92 Å². The SMILES string of the molecule is COc1cc(C)ccc1OCC(=O)N1c2ccccc2CC[C@H]1C. The van der Waals surface area contributed by atoms with Gasteiger partial charge in [0.1, 0.15) is 0 Å². The number of hydrogen-bond donors (Lipinski definition) is 0. The summed E-state index contributed by atoms with van der Waals surface area (Å²) in [6, 6.07) is 14.0. The van der Waals surface area contributed by atoms with Gasteiger partial charge in [-0.2, -0.15) is 0 Å². The minimum absolute atomic E-state index is 0.00189. The van der Waals surface area contributed by atoms with E-state index < -0.39 is 0 Å².